The molecule has 0 spiro atoms. The third kappa shape index (κ3) is 1.29. The molecule has 0 unspecified atom stereocenters. The first-order chi connectivity index (χ1) is 6.18. The molecule has 0 aliphatic heterocycles. The van der Waals surface area contributed by atoms with E-state index in [0.717, 1.165) is 5.39 Å². The van der Waals surface area contributed by atoms with Crippen molar-refractivity contribution in [3.05, 3.63) is 35.4 Å². The summed E-state index contributed by atoms with van der Waals surface area (Å²) < 4.78 is 0. The van der Waals surface area contributed by atoms with E-state index in [1.807, 2.05) is 0 Å². The Morgan fingerprint density at radius 3 is 2.62 bits per heavy atom. The highest BCUT2D eigenvalue weighted by Gasteiger charge is 2.02. The lowest BCUT2D eigenvalue weighted by atomic mass is 10.1. The first-order valence-electron chi connectivity index (χ1n) is 3.85. The highest BCUT2D eigenvalue weighted by atomic mass is 35.5. The van der Waals surface area contributed by atoms with Gasteiger partial charge in [-0.3, -0.25) is 0 Å². The second kappa shape index (κ2) is 2.82. The summed E-state index contributed by atoms with van der Waals surface area (Å²) in [6.45, 7) is 0. The maximum atomic E-state index is 9.51. The van der Waals surface area contributed by atoms with E-state index in [9.17, 15) is 5.11 Å². The molecule has 0 saturated carbocycles. The largest absolute Gasteiger partial charge is 0.507 e. The third-order valence-corrected chi connectivity index (χ3v) is 2.22. The zero-order valence-corrected chi connectivity index (χ0v) is 7.55. The molecule has 0 radical (unpaired) electrons. The van der Waals surface area contributed by atoms with Crippen molar-refractivity contribution in [3.8, 4) is 5.75 Å². The van der Waals surface area contributed by atoms with Gasteiger partial charge in [0, 0.05) is 21.5 Å². The summed E-state index contributed by atoms with van der Waals surface area (Å²) >= 11 is 5.79. The van der Waals surface area contributed by atoms with Gasteiger partial charge in [-0.15, -0.1) is 0 Å². The van der Waals surface area contributed by atoms with Crippen molar-refractivity contribution in [2.75, 3.05) is 5.73 Å². The Bertz CT molecular complexity index is 468. The highest BCUT2D eigenvalue weighted by molar-refractivity contribution is 6.31. The number of phenols is 1. The molecule has 0 aliphatic carbocycles. The topological polar surface area (TPSA) is 46.2 Å². The molecule has 66 valence electrons. The molecule has 13 heavy (non-hydrogen) atoms. The molecule has 3 heteroatoms. The molecule has 0 atom stereocenters. The Kier molecular flexibility index (Phi) is 1.78. The second-order valence-corrected chi connectivity index (χ2v) is 3.30. The van der Waals surface area contributed by atoms with Crippen molar-refractivity contribution in [2.45, 2.75) is 0 Å². The molecular weight excluding hydrogens is 186 g/mol. The van der Waals surface area contributed by atoms with Crippen molar-refractivity contribution in [1.29, 1.82) is 0 Å². The van der Waals surface area contributed by atoms with Gasteiger partial charge >= 0.3 is 0 Å². The average Bonchev–Trinajstić information content (AvgIpc) is 2.12. The normalized spacial score (nSPS) is 10.5. The fraction of sp³-hybridized carbons (Fsp3) is 0. The van der Waals surface area contributed by atoms with E-state index < -0.39 is 0 Å². The van der Waals surface area contributed by atoms with Crippen molar-refractivity contribution >= 4 is 28.1 Å². The van der Waals surface area contributed by atoms with E-state index in [4.69, 9.17) is 17.3 Å². The number of nitrogen functional groups attached to an aromatic ring is 1. The third-order valence-electron chi connectivity index (χ3n) is 1.99. The van der Waals surface area contributed by atoms with Gasteiger partial charge in [0.1, 0.15) is 5.75 Å². The number of hydrogen-bond donors (Lipinski definition) is 2. The average molecular weight is 194 g/mol. The number of benzene rings is 2. The van der Waals surface area contributed by atoms with Crippen LogP contribution in [0, 0.1) is 0 Å². The lowest BCUT2D eigenvalue weighted by Crippen LogP contribution is -1.86. The SMILES string of the molecule is Nc1ccc(O)c2cc(Cl)ccc12. The van der Waals surface area contributed by atoms with Gasteiger partial charge in [0.2, 0.25) is 0 Å². The van der Waals surface area contributed by atoms with Gasteiger partial charge in [0.25, 0.3) is 0 Å². The van der Waals surface area contributed by atoms with Crippen molar-refractivity contribution in [3.63, 3.8) is 0 Å². The van der Waals surface area contributed by atoms with Crippen LogP contribution in [-0.4, -0.2) is 5.11 Å². The van der Waals surface area contributed by atoms with Gasteiger partial charge < -0.3 is 10.8 Å². The minimum Gasteiger partial charge on any atom is -0.507 e. The van der Waals surface area contributed by atoms with Gasteiger partial charge in [0.05, 0.1) is 0 Å². The molecule has 0 bridgehead atoms. The zero-order chi connectivity index (χ0) is 9.42. The van der Waals surface area contributed by atoms with Crippen LogP contribution in [0.2, 0.25) is 5.02 Å². The summed E-state index contributed by atoms with van der Waals surface area (Å²) in [6, 6.07) is 8.48. The number of phenolic OH excluding ortho intramolecular Hbond substituents is 1. The summed E-state index contributed by atoms with van der Waals surface area (Å²) in [5, 5.41) is 11.6. The van der Waals surface area contributed by atoms with E-state index in [-0.39, 0.29) is 5.75 Å². The molecule has 2 nitrogen and oxygen atoms in total. The Morgan fingerprint density at radius 2 is 1.85 bits per heavy atom. The quantitative estimate of drug-likeness (QED) is 0.499. The van der Waals surface area contributed by atoms with Crippen LogP contribution in [0.25, 0.3) is 10.8 Å². The number of aromatic hydroxyl groups is 1. The van der Waals surface area contributed by atoms with E-state index >= 15 is 0 Å². The molecule has 2 aromatic rings. The number of halogens is 1. The maximum Gasteiger partial charge on any atom is 0.123 e. The Labute approximate surface area is 80.6 Å². The number of rotatable bonds is 0. The van der Waals surface area contributed by atoms with Gasteiger partial charge in [0.15, 0.2) is 0 Å². The van der Waals surface area contributed by atoms with Crippen LogP contribution < -0.4 is 5.73 Å². The van der Waals surface area contributed by atoms with Crippen LogP contribution in [0.1, 0.15) is 0 Å². The van der Waals surface area contributed by atoms with Gasteiger partial charge in [-0.05, 0) is 24.3 Å². The molecule has 0 saturated heterocycles. The maximum absolute atomic E-state index is 9.51. The molecule has 2 aromatic carbocycles. The molecule has 2 rings (SSSR count). The van der Waals surface area contributed by atoms with Gasteiger partial charge in [-0.2, -0.15) is 0 Å². The van der Waals surface area contributed by atoms with Crippen LogP contribution in [0.3, 0.4) is 0 Å². The Morgan fingerprint density at radius 1 is 1.08 bits per heavy atom. The summed E-state index contributed by atoms with van der Waals surface area (Å²) in [7, 11) is 0. The van der Waals surface area contributed by atoms with E-state index in [1.165, 1.54) is 0 Å². The second-order valence-electron chi connectivity index (χ2n) is 2.86. The van der Waals surface area contributed by atoms with Crippen LogP contribution in [0.15, 0.2) is 30.3 Å². The highest BCUT2D eigenvalue weighted by Crippen LogP contribution is 2.30. The van der Waals surface area contributed by atoms with Crippen molar-refractivity contribution in [1.82, 2.24) is 0 Å². The molecule has 0 amide bonds. The minimum absolute atomic E-state index is 0.201. The smallest absolute Gasteiger partial charge is 0.123 e. The summed E-state index contributed by atoms with van der Waals surface area (Å²) in [5.74, 6) is 0.201. The van der Waals surface area contributed by atoms with Crippen molar-refractivity contribution < 1.29 is 5.11 Å². The van der Waals surface area contributed by atoms with E-state index in [2.05, 4.69) is 0 Å². The lowest BCUT2D eigenvalue weighted by Gasteiger charge is -2.03. The molecule has 0 fully saturated rings. The number of anilines is 1. The van der Waals surface area contributed by atoms with Crippen LogP contribution in [0.5, 0.6) is 5.75 Å². The Hall–Kier alpha value is -1.41. The standard InChI is InChI=1S/C10H8ClNO/c11-6-1-2-7-8(5-6)10(13)4-3-9(7)12/h1-5,13H,12H2. The molecule has 0 aromatic heterocycles. The predicted molar refractivity (Wildman–Crippen MR) is 55.0 cm³/mol. The zero-order valence-electron chi connectivity index (χ0n) is 6.79. The lowest BCUT2D eigenvalue weighted by molar-refractivity contribution is 0.481. The summed E-state index contributed by atoms with van der Waals surface area (Å²) in [5.41, 5.74) is 6.36. The molecular formula is C10H8ClNO. The van der Waals surface area contributed by atoms with E-state index in [0.29, 0.717) is 16.1 Å². The molecule has 0 aliphatic rings. The van der Waals surface area contributed by atoms with Crippen LogP contribution in [0.4, 0.5) is 5.69 Å². The number of fused-ring (bicyclic) bond motifs is 1. The van der Waals surface area contributed by atoms with Crippen molar-refractivity contribution in [2.24, 2.45) is 0 Å². The monoisotopic (exact) mass is 193 g/mol. The molecule has 0 heterocycles. The number of hydrogen-bond acceptors (Lipinski definition) is 2. The van der Waals surface area contributed by atoms with Crippen LogP contribution in [-0.2, 0) is 0 Å². The van der Waals surface area contributed by atoms with E-state index in [1.54, 1.807) is 30.3 Å². The first-order valence-corrected chi connectivity index (χ1v) is 4.23. The number of nitrogens with two attached hydrogens (primary N) is 1. The fourth-order valence-electron chi connectivity index (χ4n) is 1.33. The van der Waals surface area contributed by atoms with Gasteiger partial charge in [-0.1, -0.05) is 17.7 Å². The Balaban J connectivity index is 2.92. The fourth-order valence-corrected chi connectivity index (χ4v) is 1.50. The predicted octanol–water partition coefficient (Wildman–Crippen LogP) is 2.78. The molecule has 3 N–H and O–H groups in total. The summed E-state index contributed by atoms with van der Waals surface area (Å²) in [6.07, 6.45) is 0. The first kappa shape index (κ1) is 8.20. The minimum atomic E-state index is 0.201. The summed E-state index contributed by atoms with van der Waals surface area (Å²) in [4.78, 5) is 0. The van der Waals surface area contributed by atoms with Crippen LogP contribution >= 0.6 is 11.6 Å². The van der Waals surface area contributed by atoms with Gasteiger partial charge in [-0.25, -0.2) is 0 Å².